The van der Waals surface area contributed by atoms with Crippen molar-refractivity contribution >= 4 is 0 Å². The van der Waals surface area contributed by atoms with Crippen LogP contribution < -0.4 is 9.47 Å². The highest BCUT2D eigenvalue weighted by Gasteiger charge is 2.15. The maximum Gasteiger partial charge on any atom is 0.132 e. The van der Waals surface area contributed by atoms with Crippen LogP contribution in [0.4, 0.5) is 0 Å². The van der Waals surface area contributed by atoms with Crippen molar-refractivity contribution in [2.24, 2.45) is 0 Å². The fourth-order valence-corrected chi connectivity index (χ4v) is 2.36. The highest BCUT2D eigenvalue weighted by atomic mass is 16.5. The molecule has 5 nitrogen and oxygen atoms in total. The topological polar surface area (TPSA) is 49.2 Å². The summed E-state index contributed by atoms with van der Waals surface area (Å²) in [6.45, 7) is 0.672. The number of aromatic nitrogens is 3. The second kappa shape index (κ2) is 6.30. The van der Waals surface area contributed by atoms with Gasteiger partial charge in [0.05, 0.1) is 32.5 Å². The SMILES string of the molecule is COc1cccc(OC)c1-c1cn(Cc2ccccc2)nn1. The van der Waals surface area contributed by atoms with E-state index in [2.05, 4.69) is 22.4 Å². The molecule has 3 aromatic rings. The Kier molecular flexibility index (Phi) is 4.05. The predicted molar refractivity (Wildman–Crippen MR) is 84.1 cm³/mol. The Morgan fingerprint density at radius 2 is 1.59 bits per heavy atom. The Hall–Kier alpha value is -2.82. The van der Waals surface area contributed by atoms with E-state index >= 15 is 0 Å². The molecule has 112 valence electrons. The van der Waals surface area contributed by atoms with Gasteiger partial charge in [0.1, 0.15) is 17.2 Å². The smallest absolute Gasteiger partial charge is 0.132 e. The molecule has 1 heterocycles. The predicted octanol–water partition coefficient (Wildman–Crippen LogP) is 3.01. The van der Waals surface area contributed by atoms with Crippen molar-refractivity contribution in [1.82, 2.24) is 15.0 Å². The fourth-order valence-electron chi connectivity index (χ4n) is 2.36. The largest absolute Gasteiger partial charge is 0.496 e. The molecular weight excluding hydrogens is 278 g/mol. The maximum absolute atomic E-state index is 5.41. The first kappa shape index (κ1) is 14.1. The van der Waals surface area contributed by atoms with Gasteiger partial charge >= 0.3 is 0 Å². The van der Waals surface area contributed by atoms with Crippen LogP contribution in [0.5, 0.6) is 11.5 Å². The van der Waals surface area contributed by atoms with Crippen molar-refractivity contribution in [2.45, 2.75) is 6.54 Å². The highest BCUT2D eigenvalue weighted by molar-refractivity contribution is 5.73. The Morgan fingerprint density at radius 3 is 2.23 bits per heavy atom. The zero-order chi connectivity index (χ0) is 15.4. The lowest BCUT2D eigenvalue weighted by atomic mass is 10.1. The molecular formula is C17H17N3O2. The molecule has 2 aromatic carbocycles. The summed E-state index contributed by atoms with van der Waals surface area (Å²) in [5.74, 6) is 1.43. The maximum atomic E-state index is 5.41. The summed E-state index contributed by atoms with van der Waals surface area (Å²) in [5.41, 5.74) is 2.71. The Bertz CT molecular complexity index is 731. The van der Waals surface area contributed by atoms with Crippen LogP contribution in [0, 0.1) is 0 Å². The fraction of sp³-hybridized carbons (Fsp3) is 0.176. The second-order valence-electron chi connectivity index (χ2n) is 4.82. The van der Waals surface area contributed by atoms with Gasteiger partial charge < -0.3 is 9.47 Å². The Balaban J connectivity index is 1.94. The summed E-state index contributed by atoms with van der Waals surface area (Å²) >= 11 is 0. The summed E-state index contributed by atoms with van der Waals surface area (Å²) in [6, 6.07) is 15.8. The molecule has 0 aliphatic rings. The first-order valence-corrected chi connectivity index (χ1v) is 6.97. The van der Waals surface area contributed by atoms with Crippen LogP contribution >= 0.6 is 0 Å². The molecule has 5 heteroatoms. The van der Waals surface area contributed by atoms with Gasteiger partial charge in [-0.15, -0.1) is 5.10 Å². The van der Waals surface area contributed by atoms with Crippen LogP contribution in [0.3, 0.4) is 0 Å². The molecule has 0 unspecified atom stereocenters. The lowest BCUT2D eigenvalue weighted by molar-refractivity contribution is 0.397. The van der Waals surface area contributed by atoms with E-state index in [4.69, 9.17) is 9.47 Å². The monoisotopic (exact) mass is 295 g/mol. The quantitative estimate of drug-likeness (QED) is 0.726. The molecule has 0 saturated heterocycles. The first-order valence-electron chi connectivity index (χ1n) is 6.97. The molecule has 0 saturated carbocycles. The highest BCUT2D eigenvalue weighted by Crippen LogP contribution is 2.36. The van der Waals surface area contributed by atoms with E-state index in [0.717, 1.165) is 11.3 Å². The van der Waals surface area contributed by atoms with Crippen molar-refractivity contribution in [3.63, 3.8) is 0 Å². The molecule has 0 aliphatic heterocycles. The Labute approximate surface area is 129 Å². The van der Waals surface area contributed by atoms with Gasteiger partial charge in [-0.1, -0.05) is 41.6 Å². The van der Waals surface area contributed by atoms with E-state index in [0.29, 0.717) is 18.0 Å². The summed E-state index contributed by atoms with van der Waals surface area (Å²) in [5, 5.41) is 8.45. The van der Waals surface area contributed by atoms with Gasteiger partial charge in [0.15, 0.2) is 0 Å². The molecule has 0 aliphatic carbocycles. The molecule has 0 atom stereocenters. The lowest BCUT2D eigenvalue weighted by Crippen LogP contribution is -1.99. The number of ether oxygens (including phenoxy) is 2. The molecule has 0 bridgehead atoms. The third-order valence-electron chi connectivity index (χ3n) is 3.41. The van der Waals surface area contributed by atoms with E-state index in [1.807, 2.05) is 42.6 Å². The van der Waals surface area contributed by atoms with Gasteiger partial charge in [0.25, 0.3) is 0 Å². The summed E-state index contributed by atoms with van der Waals surface area (Å²) in [7, 11) is 3.26. The van der Waals surface area contributed by atoms with Gasteiger partial charge in [0.2, 0.25) is 0 Å². The van der Waals surface area contributed by atoms with Crippen LogP contribution in [0.1, 0.15) is 5.56 Å². The minimum Gasteiger partial charge on any atom is -0.496 e. The zero-order valence-corrected chi connectivity index (χ0v) is 12.6. The molecule has 3 rings (SSSR count). The van der Waals surface area contributed by atoms with Crippen LogP contribution in [0.2, 0.25) is 0 Å². The van der Waals surface area contributed by atoms with Crippen LogP contribution in [-0.4, -0.2) is 29.2 Å². The average Bonchev–Trinajstić information content (AvgIpc) is 3.03. The number of hydrogen-bond acceptors (Lipinski definition) is 4. The summed E-state index contributed by atoms with van der Waals surface area (Å²) < 4.78 is 12.6. The summed E-state index contributed by atoms with van der Waals surface area (Å²) in [6.07, 6.45) is 1.90. The summed E-state index contributed by atoms with van der Waals surface area (Å²) in [4.78, 5) is 0. The van der Waals surface area contributed by atoms with E-state index < -0.39 is 0 Å². The van der Waals surface area contributed by atoms with Crippen molar-refractivity contribution in [3.05, 3.63) is 60.3 Å². The van der Waals surface area contributed by atoms with Crippen molar-refractivity contribution in [2.75, 3.05) is 14.2 Å². The third-order valence-corrected chi connectivity index (χ3v) is 3.41. The molecule has 1 aromatic heterocycles. The number of benzene rings is 2. The van der Waals surface area contributed by atoms with Crippen molar-refractivity contribution in [3.8, 4) is 22.8 Å². The van der Waals surface area contributed by atoms with Gasteiger partial charge in [-0.05, 0) is 17.7 Å². The van der Waals surface area contributed by atoms with Gasteiger partial charge in [-0.2, -0.15) is 0 Å². The molecule has 0 amide bonds. The zero-order valence-electron chi connectivity index (χ0n) is 12.6. The third kappa shape index (κ3) is 2.79. The van der Waals surface area contributed by atoms with E-state index in [-0.39, 0.29) is 0 Å². The number of hydrogen-bond donors (Lipinski definition) is 0. The first-order chi connectivity index (χ1) is 10.8. The molecule has 0 spiro atoms. The van der Waals surface area contributed by atoms with E-state index in [1.54, 1.807) is 18.9 Å². The van der Waals surface area contributed by atoms with Crippen molar-refractivity contribution < 1.29 is 9.47 Å². The van der Waals surface area contributed by atoms with Crippen LogP contribution in [0.15, 0.2) is 54.7 Å². The van der Waals surface area contributed by atoms with Crippen molar-refractivity contribution in [1.29, 1.82) is 0 Å². The van der Waals surface area contributed by atoms with Gasteiger partial charge in [0, 0.05) is 0 Å². The van der Waals surface area contributed by atoms with E-state index in [9.17, 15) is 0 Å². The Morgan fingerprint density at radius 1 is 0.909 bits per heavy atom. The minimum atomic E-state index is 0.672. The van der Waals surface area contributed by atoms with Crippen LogP contribution in [-0.2, 0) is 6.54 Å². The standard InChI is InChI=1S/C17H17N3O2/c1-21-15-9-6-10-16(22-2)17(15)14-12-20(19-18-14)11-13-7-4-3-5-8-13/h3-10,12H,11H2,1-2H3. The van der Waals surface area contributed by atoms with Crippen LogP contribution in [0.25, 0.3) is 11.3 Å². The normalized spacial score (nSPS) is 10.5. The lowest BCUT2D eigenvalue weighted by Gasteiger charge is -2.10. The second-order valence-corrected chi connectivity index (χ2v) is 4.82. The number of nitrogens with zero attached hydrogens (tertiary/aromatic N) is 3. The molecule has 22 heavy (non-hydrogen) atoms. The average molecular weight is 295 g/mol. The van der Waals surface area contributed by atoms with Gasteiger partial charge in [-0.3, -0.25) is 0 Å². The molecule has 0 radical (unpaired) electrons. The molecule has 0 fully saturated rings. The number of rotatable bonds is 5. The van der Waals surface area contributed by atoms with E-state index in [1.165, 1.54) is 5.56 Å². The molecule has 0 N–H and O–H groups in total. The minimum absolute atomic E-state index is 0.672. The van der Waals surface area contributed by atoms with Gasteiger partial charge in [-0.25, -0.2) is 4.68 Å². The number of methoxy groups -OCH3 is 2.